The van der Waals surface area contributed by atoms with E-state index in [9.17, 15) is 13.2 Å². The summed E-state index contributed by atoms with van der Waals surface area (Å²) in [5.41, 5.74) is 0.380. The molecule has 3 nitrogen and oxygen atoms in total. The first-order valence-electron chi connectivity index (χ1n) is 6.84. The molecule has 1 aliphatic heterocycles. The lowest BCUT2D eigenvalue weighted by atomic mass is 10.1. The Kier molecular flexibility index (Phi) is 5.37. The molecule has 1 unspecified atom stereocenters. The van der Waals surface area contributed by atoms with Gasteiger partial charge in [-0.15, -0.1) is 13.2 Å². The van der Waals surface area contributed by atoms with Crippen molar-refractivity contribution < 1.29 is 17.9 Å². The summed E-state index contributed by atoms with van der Waals surface area (Å²) in [6, 6.07) is 4.80. The Morgan fingerprint density at radius 1 is 1.29 bits per heavy atom. The third-order valence-corrected chi connectivity index (χ3v) is 3.97. The second-order valence-electron chi connectivity index (χ2n) is 5.26. The molecule has 2 rings (SSSR count). The van der Waals surface area contributed by atoms with E-state index in [1.165, 1.54) is 6.07 Å². The highest BCUT2D eigenvalue weighted by atomic mass is 79.9. The molecule has 118 valence electrons. The Labute approximate surface area is 130 Å². The minimum absolute atomic E-state index is 0.159. The molecule has 0 aromatic heterocycles. The van der Waals surface area contributed by atoms with Crippen LogP contribution in [0.2, 0.25) is 0 Å². The van der Waals surface area contributed by atoms with Gasteiger partial charge in [-0.1, -0.05) is 15.9 Å². The van der Waals surface area contributed by atoms with Gasteiger partial charge in [0.1, 0.15) is 0 Å². The lowest BCUT2D eigenvalue weighted by molar-refractivity contribution is -0.274. The maximum Gasteiger partial charge on any atom is 0.573 e. The molecule has 1 aromatic rings. The molecule has 0 amide bonds. The molecule has 1 aliphatic rings. The van der Waals surface area contributed by atoms with Gasteiger partial charge >= 0.3 is 6.36 Å². The Morgan fingerprint density at radius 3 is 2.76 bits per heavy atom. The number of nitrogens with zero attached hydrogens (tertiary/aromatic N) is 1. The van der Waals surface area contributed by atoms with Gasteiger partial charge < -0.3 is 15.0 Å². The van der Waals surface area contributed by atoms with E-state index in [2.05, 4.69) is 37.9 Å². The highest BCUT2D eigenvalue weighted by Gasteiger charge is 2.32. The predicted molar refractivity (Wildman–Crippen MR) is 79.6 cm³/mol. The van der Waals surface area contributed by atoms with Crippen molar-refractivity contribution in [2.75, 3.05) is 25.5 Å². The molecular weight excluding hydrogens is 349 g/mol. The monoisotopic (exact) mass is 366 g/mol. The van der Waals surface area contributed by atoms with Crippen LogP contribution in [-0.4, -0.2) is 37.4 Å². The van der Waals surface area contributed by atoms with Gasteiger partial charge in [-0.3, -0.25) is 0 Å². The lowest BCUT2D eigenvalue weighted by Crippen LogP contribution is -2.24. The topological polar surface area (TPSA) is 24.5 Å². The van der Waals surface area contributed by atoms with Gasteiger partial charge in [0.15, 0.2) is 5.75 Å². The number of ether oxygens (including phenoxy) is 1. The Morgan fingerprint density at radius 2 is 2.05 bits per heavy atom. The summed E-state index contributed by atoms with van der Waals surface area (Å²) >= 11 is 3.17. The van der Waals surface area contributed by atoms with Crippen LogP contribution in [0.1, 0.15) is 19.3 Å². The van der Waals surface area contributed by atoms with Crippen LogP contribution in [0.4, 0.5) is 18.9 Å². The van der Waals surface area contributed by atoms with Crippen molar-refractivity contribution in [3.63, 3.8) is 0 Å². The highest BCUT2D eigenvalue weighted by molar-refractivity contribution is 9.10. The second kappa shape index (κ2) is 6.87. The first-order chi connectivity index (χ1) is 9.83. The third-order valence-electron chi connectivity index (χ3n) is 3.48. The molecule has 0 aliphatic carbocycles. The zero-order chi connectivity index (χ0) is 15.5. The van der Waals surface area contributed by atoms with Crippen LogP contribution in [0.5, 0.6) is 5.75 Å². The van der Waals surface area contributed by atoms with Gasteiger partial charge in [-0.05, 0) is 57.6 Å². The first kappa shape index (κ1) is 16.4. The number of halogens is 4. The SMILES string of the molecule is CN1CCCC(Nc2ccc(Br)cc2OC(F)(F)F)CC1. The van der Waals surface area contributed by atoms with Gasteiger partial charge in [0.25, 0.3) is 0 Å². The van der Waals surface area contributed by atoms with Crippen molar-refractivity contribution in [3.05, 3.63) is 22.7 Å². The molecule has 1 fully saturated rings. The van der Waals surface area contributed by atoms with Crippen molar-refractivity contribution >= 4 is 21.6 Å². The number of alkyl halides is 3. The van der Waals surface area contributed by atoms with E-state index in [0.717, 1.165) is 32.4 Å². The molecule has 1 N–H and O–H groups in total. The molecule has 0 radical (unpaired) electrons. The van der Waals surface area contributed by atoms with Crippen molar-refractivity contribution in [1.29, 1.82) is 0 Å². The Bertz CT molecular complexity index is 482. The highest BCUT2D eigenvalue weighted by Crippen LogP contribution is 2.34. The van der Waals surface area contributed by atoms with Gasteiger partial charge in [0, 0.05) is 10.5 Å². The van der Waals surface area contributed by atoms with Gasteiger partial charge in [-0.2, -0.15) is 0 Å². The van der Waals surface area contributed by atoms with Gasteiger partial charge in [-0.25, -0.2) is 0 Å². The van der Waals surface area contributed by atoms with Crippen LogP contribution in [0, 0.1) is 0 Å². The molecule has 0 spiro atoms. The number of benzene rings is 1. The fraction of sp³-hybridized carbons (Fsp3) is 0.571. The standard InChI is InChI=1S/C14H18BrF3N2O/c1-20-7-2-3-11(6-8-20)19-12-5-4-10(15)9-13(12)21-14(16,17)18/h4-5,9,11,19H,2-3,6-8H2,1H3. The second-order valence-corrected chi connectivity index (χ2v) is 6.18. The Balaban J connectivity index is 2.11. The maximum atomic E-state index is 12.5. The average Bonchev–Trinajstić information content (AvgIpc) is 2.56. The van der Waals surface area contributed by atoms with Gasteiger partial charge in [0.2, 0.25) is 0 Å². The summed E-state index contributed by atoms with van der Waals surface area (Å²) in [4.78, 5) is 2.23. The summed E-state index contributed by atoms with van der Waals surface area (Å²) in [5, 5.41) is 3.19. The van der Waals surface area contributed by atoms with Crippen LogP contribution in [0.15, 0.2) is 22.7 Å². The number of hydrogen-bond donors (Lipinski definition) is 1. The lowest BCUT2D eigenvalue weighted by Gasteiger charge is -2.21. The van der Waals surface area contributed by atoms with Crippen LogP contribution < -0.4 is 10.1 Å². The minimum Gasteiger partial charge on any atom is -0.404 e. The maximum absolute atomic E-state index is 12.5. The molecule has 0 bridgehead atoms. The molecular formula is C14H18BrF3N2O. The van der Waals surface area contributed by atoms with Crippen LogP contribution in [0.25, 0.3) is 0 Å². The summed E-state index contributed by atoms with van der Waals surface area (Å²) in [5.74, 6) is -0.200. The number of anilines is 1. The van der Waals surface area contributed by atoms with Crippen LogP contribution in [0.3, 0.4) is 0 Å². The van der Waals surface area contributed by atoms with E-state index < -0.39 is 6.36 Å². The van der Waals surface area contributed by atoms with Crippen molar-refractivity contribution in [1.82, 2.24) is 4.90 Å². The van der Waals surface area contributed by atoms with Crippen LogP contribution >= 0.6 is 15.9 Å². The van der Waals surface area contributed by atoms with E-state index in [1.54, 1.807) is 12.1 Å². The van der Waals surface area contributed by atoms with E-state index in [4.69, 9.17) is 0 Å². The largest absolute Gasteiger partial charge is 0.573 e. The van der Waals surface area contributed by atoms with E-state index in [1.807, 2.05) is 0 Å². The van der Waals surface area contributed by atoms with Crippen LogP contribution in [-0.2, 0) is 0 Å². The molecule has 1 heterocycles. The third kappa shape index (κ3) is 5.39. The molecule has 1 saturated heterocycles. The van der Waals surface area contributed by atoms with Crippen molar-refractivity contribution in [2.24, 2.45) is 0 Å². The molecule has 7 heteroatoms. The number of likely N-dealkylation sites (tertiary alicyclic amines) is 1. The normalized spacial score (nSPS) is 20.9. The smallest absolute Gasteiger partial charge is 0.404 e. The zero-order valence-corrected chi connectivity index (χ0v) is 13.3. The quantitative estimate of drug-likeness (QED) is 0.865. The van der Waals surface area contributed by atoms with Crippen molar-refractivity contribution in [3.8, 4) is 5.75 Å². The number of rotatable bonds is 3. The molecule has 0 saturated carbocycles. The number of hydrogen-bond acceptors (Lipinski definition) is 3. The predicted octanol–water partition coefficient (Wildman–Crippen LogP) is 4.24. The first-order valence-corrected chi connectivity index (χ1v) is 7.63. The molecule has 21 heavy (non-hydrogen) atoms. The van der Waals surface area contributed by atoms with E-state index >= 15 is 0 Å². The zero-order valence-electron chi connectivity index (χ0n) is 11.7. The fourth-order valence-corrected chi connectivity index (χ4v) is 2.77. The fourth-order valence-electron chi connectivity index (χ4n) is 2.43. The summed E-state index contributed by atoms with van der Waals surface area (Å²) in [6.45, 7) is 1.95. The van der Waals surface area contributed by atoms with Gasteiger partial charge in [0.05, 0.1) is 5.69 Å². The number of nitrogens with one attached hydrogen (secondary N) is 1. The summed E-state index contributed by atoms with van der Waals surface area (Å²) < 4.78 is 42.1. The molecule has 1 aromatic carbocycles. The molecule has 1 atom stereocenters. The minimum atomic E-state index is -4.69. The Hall–Kier alpha value is -0.950. The van der Waals surface area contributed by atoms with E-state index in [0.29, 0.717) is 10.2 Å². The summed E-state index contributed by atoms with van der Waals surface area (Å²) in [6.07, 6.45) is -1.83. The van der Waals surface area contributed by atoms with Crippen molar-refractivity contribution in [2.45, 2.75) is 31.7 Å². The summed E-state index contributed by atoms with van der Waals surface area (Å²) in [7, 11) is 2.06. The average molecular weight is 367 g/mol. The van der Waals surface area contributed by atoms with E-state index in [-0.39, 0.29) is 11.8 Å².